The van der Waals surface area contributed by atoms with Crippen molar-refractivity contribution in [1.29, 1.82) is 0 Å². The van der Waals surface area contributed by atoms with Crippen molar-refractivity contribution in [2.24, 2.45) is 0 Å². The second-order valence-corrected chi connectivity index (χ2v) is 6.56. The molecule has 2 rings (SSSR count). The lowest BCUT2D eigenvalue weighted by Crippen LogP contribution is -1.91. The zero-order valence-electron chi connectivity index (χ0n) is 9.31. The molecule has 0 aromatic heterocycles. The van der Waals surface area contributed by atoms with Crippen molar-refractivity contribution in [3.63, 3.8) is 0 Å². The highest BCUT2D eigenvalue weighted by atomic mass is 35.7. The Bertz CT molecular complexity index is 699. The molecule has 100 valence electrons. The molecule has 0 saturated carbocycles. The van der Waals surface area contributed by atoms with Crippen LogP contribution in [-0.4, -0.2) is 8.42 Å². The number of hydrogen-bond donors (Lipinski definition) is 0. The lowest BCUT2D eigenvalue weighted by atomic mass is 10.3. The third kappa shape index (κ3) is 3.59. The Hall–Kier alpha value is -1.30. The van der Waals surface area contributed by atoms with Crippen LogP contribution in [0.2, 0.25) is 5.02 Å². The monoisotopic (exact) mass is 320 g/mol. The smallest absolute Gasteiger partial charge is 0.261 e. The molecule has 7 heteroatoms. The summed E-state index contributed by atoms with van der Waals surface area (Å²) in [5.41, 5.74) is 0. The van der Waals surface area contributed by atoms with Gasteiger partial charge in [0.15, 0.2) is 0 Å². The molecule has 2 aromatic carbocycles. The Morgan fingerprint density at radius 3 is 2.11 bits per heavy atom. The van der Waals surface area contributed by atoms with E-state index in [1.165, 1.54) is 36.4 Å². The maximum absolute atomic E-state index is 13.2. The molecule has 0 fully saturated rings. The predicted octanol–water partition coefficient (Wildman–Crippen LogP) is 4.20. The molecule has 0 bridgehead atoms. The highest BCUT2D eigenvalue weighted by molar-refractivity contribution is 8.13. The molecule has 0 amide bonds. The summed E-state index contributed by atoms with van der Waals surface area (Å²) >= 11 is 5.54. The molecule has 0 saturated heterocycles. The zero-order chi connectivity index (χ0) is 14.0. The topological polar surface area (TPSA) is 43.4 Å². The van der Waals surface area contributed by atoms with Crippen LogP contribution in [0.5, 0.6) is 11.5 Å². The summed E-state index contributed by atoms with van der Waals surface area (Å²) < 4.78 is 40.6. The number of rotatable bonds is 3. The largest absolute Gasteiger partial charge is 0.457 e. The summed E-state index contributed by atoms with van der Waals surface area (Å²) in [6, 6.07) is 9.42. The zero-order valence-corrected chi connectivity index (χ0v) is 11.6. The second-order valence-electron chi connectivity index (χ2n) is 3.59. The van der Waals surface area contributed by atoms with Crippen LogP contribution in [-0.2, 0) is 9.05 Å². The van der Waals surface area contributed by atoms with Crippen molar-refractivity contribution in [2.75, 3.05) is 0 Å². The highest BCUT2D eigenvalue weighted by Gasteiger charge is 2.09. The Morgan fingerprint density at radius 1 is 1.00 bits per heavy atom. The maximum atomic E-state index is 13.2. The van der Waals surface area contributed by atoms with Crippen LogP contribution in [0.1, 0.15) is 0 Å². The van der Waals surface area contributed by atoms with Gasteiger partial charge in [0.2, 0.25) is 0 Å². The fraction of sp³-hybridized carbons (Fsp3) is 0. The molecule has 0 spiro atoms. The predicted molar refractivity (Wildman–Crippen MR) is 71.0 cm³/mol. The van der Waals surface area contributed by atoms with Crippen molar-refractivity contribution >= 4 is 31.3 Å². The summed E-state index contributed by atoms with van der Waals surface area (Å²) in [5, 5.41) is -0.00377. The lowest BCUT2D eigenvalue weighted by Gasteiger charge is -2.06. The Kier molecular flexibility index (Phi) is 3.99. The molecular formula is C12H7Cl2FO3S. The van der Waals surface area contributed by atoms with E-state index < -0.39 is 14.9 Å². The molecule has 0 aliphatic heterocycles. The van der Waals surface area contributed by atoms with E-state index in [0.29, 0.717) is 5.75 Å². The van der Waals surface area contributed by atoms with E-state index in [-0.39, 0.29) is 15.7 Å². The van der Waals surface area contributed by atoms with Gasteiger partial charge in [-0.05, 0) is 36.4 Å². The first-order valence-electron chi connectivity index (χ1n) is 5.04. The number of hydrogen-bond acceptors (Lipinski definition) is 3. The van der Waals surface area contributed by atoms with Gasteiger partial charge in [-0.15, -0.1) is 0 Å². The molecule has 0 aliphatic carbocycles. The van der Waals surface area contributed by atoms with Crippen LogP contribution >= 0.6 is 22.3 Å². The van der Waals surface area contributed by atoms with E-state index in [1.807, 2.05) is 0 Å². The van der Waals surface area contributed by atoms with Gasteiger partial charge >= 0.3 is 0 Å². The molecule has 0 aliphatic rings. The molecule has 2 aromatic rings. The second kappa shape index (κ2) is 5.36. The quantitative estimate of drug-likeness (QED) is 0.796. The molecule has 0 N–H and O–H groups in total. The maximum Gasteiger partial charge on any atom is 0.261 e. The number of benzene rings is 2. The summed E-state index contributed by atoms with van der Waals surface area (Å²) in [5.74, 6) is 0.00768. The first-order valence-corrected chi connectivity index (χ1v) is 7.72. The summed E-state index contributed by atoms with van der Waals surface area (Å²) in [6.07, 6.45) is 0. The molecule has 0 heterocycles. The minimum absolute atomic E-state index is 0.00377. The van der Waals surface area contributed by atoms with Crippen LogP contribution < -0.4 is 4.74 Å². The Labute approximate surface area is 119 Å². The summed E-state index contributed by atoms with van der Waals surface area (Å²) in [4.78, 5) is -0.0381. The number of halogens is 3. The standard InChI is InChI=1S/C12H7Cl2FO3S/c13-11-6-3-9(7-12(11)15)18-8-1-4-10(5-2-8)19(14,16)17/h1-7H. The fourth-order valence-electron chi connectivity index (χ4n) is 1.35. The third-order valence-electron chi connectivity index (χ3n) is 2.23. The van der Waals surface area contributed by atoms with Crippen LogP contribution in [0.15, 0.2) is 47.4 Å². The molecule has 19 heavy (non-hydrogen) atoms. The van der Waals surface area contributed by atoms with E-state index in [1.54, 1.807) is 0 Å². The van der Waals surface area contributed by atoms with Crippen LogP contribution in [0.25, 0.3) is 0 Å². The van der Waals surface area contributed by atoms with Crippen molar-refractivity contribution in [3.05, 3.63) is 53.3 Å². The van der Waals surface area contributed by atoms with E-state index in [4.69, 9.17) is 27.0 Å². The van der Waals surface area contributed by atoms with Gasteiger partial charge in [-0.1, -0.05) is 11.6 Å². The van der Waals surface area contributed by atoms with E-state index in [2.05, 4.69) is 0 Å². The third-order valence-corrected chi connectivity index (χ3v) is 3.91. The summed E-state index contributed by atoms with van der Waals surface area (Å²) in [7, 11) is 1.41. The molecule has 0 unspecified atom stereocenters. The van der Waals surface area contributed by atoms with Gasteiger partial charge in [-0.3, -0.25) is 0 Å². The van der Waals surface area contributed by atoms with Crippen molar-refractivity contribution in [1.82, 2.24) is 0 Å². The average molecular weight is 321 g/mol. The van der Waals surface area contributed by atoms with Gasteiger partial charge in [0.25, 0.3) is 9.05 Å². The first-order chi connectivity index (χ1) is 8.86. The Balaban J connectivity index is 2.22. The van der Waals surface area contributed by atoms with Crippen LogP contribution in [0.3, 0.4) is 0 Å². The van der Waals surface area contributed by atoms with E-state index in [0.717, 1.165) is 6.07 Å². The van der Waals surface area contributed by atoms with Crippen molar-refractivity contribution in [2.45, 2.75) is 4.90 Å². The van der Waals surface area contributed by atoms with Gasteiger partial charge in [0.05, 0.1) is 9.92 Å². The highest BCUT2D eigenvalue weighted by Crippen LogP contribution is 2.26. The lowest BCUT2D eigenvalue weighted by molar-refractivity contribution is 0.476. The van der Waals surface area contributed by atoms with Gasteiger partial charge in [0, 0.05) is 16.7 Å². The Morgan fingerprint density at radius 2 is 1.58 bits per heavy atom. The molecule has 0 radical (unpaired) electrons. The first kappa shape index (κ1) is 14.1. The van der Waals surface area contributed by atoms with Crippen LogP contribution in [0.4, 0.5) is 4.39 Å². The number of ether oxygens (including phenoxy) is 1. The minimum atomic E-state index is -3.77. The van der Waals surface area contributed by atoms with E-state index >= 15 is 0 Å². The molecular weight excluding hydrogens is 314 g/mol. The van der Waals surface area contributed by atoms with Gasteiger partial charge in [-0.25, -0.2) is 12.8 Å². The van der Waals surface area contributed by atoms with E-state index in [9.17, 15) is 12.8 Å². The fourth-order valence-corrected chi connectivity index (χ4v) is 2.23. The van der Waals surface area contributed by atoms with Crippen molar-refractivity contribution < 1.29 is 17.5 Å². The van der Waals surface area contributed by atoms with Gasteiger partial charge in [-0.2, -0.15) is 0 Å². The summed E-state index contributed by atoms with van der Waals surface area (Å²) in [6.45, 7) is 0. The average Bonchev–Trinajstić information content (AvgIpc) is 2.33. The minimum Gasteiger partial charge on any atom is -0.457 e. The molecule has 3 nitrogen and oxygen atoms in total. The van der Waals surface area contributed by atoms with Crippen molar-refractivity contribution in [3.8, 4) is 11.5 Å². The normalized spacial score (nSPS) is 11.3. The molecule has 0 atom stereocenters. The van der Waals surface area contributed by atoms with Crippen LogP contribution in [0, 0.1) is 5.82 Å². The van der Waals surface area contributed by atoms with Gasteiger partial charge in [0.1, 0.15) is 17.3 Å². The SMILES string of the molecule is O=S(=O)(Cl)c1ccc(Oc2ccc(Cl)c(F)c2)cc1. The van der Waals surface area contributed by atoms with Gasteiger partial charge < -0.3 is 4.74 Å².